The van der Waals surface area contributed by atoms with Crippen LogP contribution in [0, 0.1) is 11.7 Å². The van der Waals surface area contributed by atoms with Crippen molar-refractivity contribution >= 4 is 21.4 Å². The SMILES string of the molecule is O=C1[C@H](CC[C@H](O)c2ccc(F)cc2)[C@@H](c2ccc(S(=O)(=O)C[C@@H]3OC(CO)[C@H](O[C@@H]4OC(CO)[C@H](O)[C@H](O)C4O)[C@H](O)C3O)cc2)N1c1ccccc1. The van der Waals surface area contributed by atoms with E-state index in [4.69, 9.17) is 14.2 Å². The summed E-state index contributed by atoms with van der Waals surface area (Å²) in [6, 6.07) is 19.7. The predicted octanol–water partition coefficient (Wildman–Crippen LogP) is -0.516. The maximum absolute atomic E-state index is 13.6. The average Bonchev–Trinajstić information content (AvgIpc) is 3.17. The smallest absolute Gasteiger partial charge is 0.233 e. The van der Waals surface area contributed by atoms with Crippen molar-refractivity contribution in [3.05, 3.63) is 95.8 Å². The number of hydrogen-bond donors (Lipinski definition) is 8. The van der Waals surface area contributed by atoms with E-state index in [1.54, 1.807) is 47.4 Å². The van der Waals surface area contributed by atoms with Crippen LogP contribution in [-0.2, 0) is 28.8 Å². The summed E-state index contributed by atoms with van der Waals surface area (Å²) >= 11 is 0. The summed E-state index contributed by atoms with van der Waals surface area (Å²) in [5.41, 5.74) is 1.77. The van der Waals surface area contributed by atoms with Crippen molar-refractivity contribution in [3.8, 4) is 0 Å². The van der Waals surface area contributed by atoms with Gasteiger partial charge in [0.2, 0.25) is 5.91 Å². The van der Waals surface area contributed by atoms with Crippen molar-refractivity contribution < 1.29 is 72.7 Å². The summed E-state index contributed by atoms with van der Waals surface area (Å²) in [4.78, 5) is 14.9. The standard InChI is InChI=1S/C37H44FNO14S/c38-21-10-6-19(7-11-21)25(42)15-14-24-29(39(36(24)48)22-4-2-1-3-5-22)20-8-12-23(13-9-20)54(49,50)18-28-31(44)33(46)35(27(17-41)51-28)53-37-34(47)32(45)30(43)26(16-40)52-37/h1-13,24-35,37,40-47H,14-18H2/t24-,25+,26?,27?,28+,29-,30+,31?,32+,33-,34?,35+,37+/m1/s1. The van der Waals surface area contributed by atoms with E-state index >= 15 is 0 Å². The Hall–Kier alpha value is -3.43. The number of β-lactam (4-membered cyclic amide) rings is 1. The molecule has 3 aromatic rings. The number of benzene rings is 3. The first-order chi connectivity index (χ1) is 25.7. The Morgan fingerprint density at radius 3 is 2.02 bits per heavy atom. The van der Waals surface area contributed by atoms with Gasteiger partial charge in [0.1, 0.15) is 60.8 Å². The number of halogens is 1. The first-order valence-electron chi connectivity index (χ1n) is 17.5. The predicted molar refractivity (Wildman–Crippen MR) is 186 cm³/mol. The number of carbonyl (C=O) groups excluding carboxylic acids is 1. The monoisotopic (exact) mass is 777 g/mol. The molecular weight excluding hydrogens is 733 g/mol. The van der Waals surface area contributed by atoms with E-state index in [-0.39, 0.29) is 23.6 Å². The van der Waals surface area contributed by atoms with Crippen molar-refractivity contribution in [2.24, 2.45) is 5.92 Å². The Morgan fingerprint density at radius 1 is 0.759 bits per heavy atom. The number of carbonyl (C=O) groups is 1. The molecule has 0 aromatic heterocycles. The highest BCUT2D eigenvalue weighted by molar-refractivity contribution is 7.91. The molecule has 3 saturated heterocycles. The van der Waals surface area contributed by atoms with Gasteiger partial charge >= 0.3 is 0 Å². The zero-order valence-corrected chi connectivity index (χ0v) is 29.6. The number of nitrogens with zero attached hydrogens (tertiary/aromatic N) is 1. The quantitative estimate of drug-likeness (QED) is 0.102. The van der Waals surface area contributed by atoms with E-state index in [1.165, 1.54) is 36.4 Å². The Bertz CT molecular complexity index is 1820. The third kappa shape index (κ3) is 8.09. The summed E-state index contributed by atoms with van der Waals surface area (Å²) in [5.74, 6) is -1.99. The summed E-state index contributed by atoms with van der Waals surface area (Å²) in [5, 5.41) is 82.6. The molecular formula is C37H44FNO14S. The van der Waals surface area contributed by atoms with Gasteiger partial charge in [-0.3, -0.25) is 4.79 Å². The fraction of sp³-hybridized carbons (Fsp3) is 0.486. The van der Waals surface area contributed by atoms with Crippen LogP contribution >= 0.6 is 0 Å². The van der Waals surface area contributed by atoms with Crippen molar-refractivity contribution in [2.45, 2.75) is 91.1 Å². The molecule has 15 nitrogen and oxygen atoms in total. The van der Waals surface area contributed by atoms with Crippen LogP contribution in [0.4, 0.5) is 10.1 Å². The lowest BCUT2D eigenvalue weighted by Crippen LogP contribution is -2.65. The van der Waals surface area contributed by atoms with Crippen LogP contribution in [0.1, 0.15) is 36.1 Å². The maximum atomic E-state index is 13.6. The summed E-state index contributed by atoms with van der Waals surface area (Å²) in [6.07, 6.45) is -17.2. The highest BCUT2D eigenvalue weighted by Gasteiger charge is 2.52. The first-order valence-corrected chi connectivity index (χ1v) is 19.1. The van der Waals surface area contributed by atoms with E-state index < -0.39 is 114 Å². The van der Waals surface area contributed by atoms with Gasteiger partial charge in [0, 0.05) is 5.69 Å². The number of para-hydroxylation sites is 1. The van der Waals surface area contributed by atoms with Gasteiger partial charge in [0.25, 0.3) is 0 Å². The molecule has 4 unspecified atom stereocenters. The second-order valence-electron chi connectivity index (χ2n) is 13.8. The van der Waals surface area contributed by atoms with Crippen LogP contribution in [-0.4, -0.2) is 135 Å². The molecule has 0 spiro atoms. The van der Waals surface area contributed by atoms with E-state index in [0.29, 0.717) is 16.8 Å². The second-order valence-corrected chi connectivity index (χ2v) is 15.8. The minimum Gasteiger partial charge on any atom is -0.394 e. The minimum atomic E-state index is -4.21. The van der Waals surface area contributed by atoms with Gasteiger partial charge in [-0.1, -0.05) is 42.5 Å². The van der Waals surface area contributed by atoms with Gasteiger partial charge in [0.15, 0.2) is 16.1 Å². The lowest BCUT2D eigenvalue weighted by atomic mass is 9.78. The molecule has 3 aliphatic heterocycles. The molecule has 3 aliphatic rings. The van der Waals surface area contributed by atoms with Gasteiger partial charge < -0.3 is 60.0 Å². The summed E-state index contributed by atoms with van der Waals surface area (Å²) < 4.78 is 57.2. The van der Waals surface area contributed by atoms with E-state index in [2.05, 4.69) is 0 Å². The number of anilines is 1. The fourth-order valence-electron chi connectivity index (χ4n) is 7.27. The molecule has 13 atom stereocenters. The Balaban J connectivity index is 1.15. The van der Waals surface area contributed by atoms with Gasteiger partial charge in [-0.2, -0.15) is 0 Å². The molecule has 0 aliphatic carbocycles. The molecule has 0 saturated carbocycles. The number of hydrogen-bond acceptors (Lipinski definition) is 14. The van der Waals surface area contributed by atoms with Crippen molar-refractivity contribution in [1.29, 1.82) is 0 Å². The molecule has 54 heavy (non-hydrogen) atoms. The van der Waals surface area contributed by atoms with Crippen molar-refractivity contribution in [2.75, 3.05) is 23.9 Å². The van der Waals surface area contributed by atoms with Crippen LogP contribution < -0.4 is 4.90 Å². The number of sulfone groups is 1. The minimum absolute atomic E-state index is 0.156. The van der Waals surface area contributed by atoms with Gasteiger partial charge in [-0.25, -0.2) is 12.8 Å². The van der Waals surface area contributed by atoms with E-state index in [0.717, 1.165) is 0 Å². The van der Waals surface area contributed by atoms with Crippen LogP contribution in [0.3, 0.4) is 0 Å². The fourth-order valence-corrected chi connectivity index (χ4v) is 8.72. The topological polar surface area (TPSA) is 244 Å². The van der Waals surface area contributed by atoms with Gasteiger partial charge in [-0.05, 0) is 60.4 Å². The molecule has 3 fully saturated rings. The molecule has 0 radical (unpaired) electrons. The van der Waals surface area contributed by atoms with Crippen LogP contribution in [0.5, 0.6) is 0 Å². The highest BCUT2D eigenvalue weighted by Crippen LogP contribution is 2.46. The highest BCUT2D eigenvalue weighted by atomic mass is 32.2. The third-order valence-electron chi connectivity index (χ3n) is 10.3. The molecule has 1 amide bonds. The van der Waals surface area contributed by atoms with Crippen LogP contribution in [0.15, 0.2) is 83.8 Å². The average molecular weight is 778 g/mol. The van der Waals surface area contributed by atoms with Gasteiger partial charge in [-0.15, -0.1) is 0 Å². The number of aliphatic hydroxyl groups excluding tert-OH is 8. The molecule has 0 bridgehead atoms. The lowest BCUT2D eigenvalue weighted by Gasteiger charge is -2.48. The number of amides is 1. The summed E-state index contributed by atoms with van der Waals surface area (Å²) in [6.45, 7) is -1.58. The molecule has 8 N–H and O–H groups in total. The third-order valence-corrected chi connectivity index (χ3v) is 12.1. The van der Waals surface area contributed by atoms with Crippen molar-refractivity contribution in [1.82, 2.24) is 0 Å². The Morgan fingerprint density at radius 2 is 1.39 bits per heavy atom. The first kappa shape index (κ1) is 40.2. The number of aliphatic hydroxyl groups is 8. The van der Waals surface area contributed by atoms with E-state index in [9.17, 15) is 58.5 Å². The molecule has 294 valence electrons. The van der Waals surface area contributed by atoms with Gasteiger partial charge in [0.05, 0.1) is 41.9 Å². The molecule has 3 aromatic carbocycles. The zero-order chi connectivity index (χ0) is 38.9. The number of rotatable bonds is 13. The largest absolute Gasteiger partial charge is 0.394 e. The number of ether oxygens (including phenoxy) is 3. The second kappa shape index (κ2) is 16.7. The molecule has 6 rings (SSSR count). The van der Waals surface area contributed by atoms with Crippen LogP contribution in [0.25, 0.3) is 0 Å². The molecule has 3 heterocycles. The Kier molecular flexibility index (Phi) is 12.5. The normalized spacial score (nSPS) is 33.6. The lowest BCUT2D eigenvalue weighted by molar-refractivity contribution is -0.341. The van der Waals surface area contributed by atoms with Crippen molar-refractivity contribution in [3.63, 3.8) is 0 Å². The maximum Gasteiger partial charge on any atom is 0.233 e. The molecule has 17 heteroatoms. The Labute approximate surface area is 310 Å². The van der Waals surface area contributed by atoms with E-state index in [1.807, 2.05) is 0 Å². The summed E-state index contributed by atoms with van der Waals surface area (Å²) in [7, 11) is -4.21. The van der Waals surface area contributed by atoms with Crippen LogP contribution in [0.2, 0.25) is 0 Å². The zero-order valence-electron chi connectivity index (χ0n) is 28.8.